The summed E-state index contributed by atoms with van der Waals surface area (Å²) in [5.41, 5.74) is 0.961. The van der Waals surface area contributed by atoms with Gasteiger partial charge in [0.15, 0.2) is 0 Å². The fraction of sp³-hybridized carbons (Fsp3) is 0.600. The predicted octanol–water partition coefficient (Wildman–Crippen LogP) is 3.56. The van der Waals surface area contributed by atoms with Gasteiger partial charge in [-0.2, -0.15) is 0 Å². The van der Waals surface area contributed by atoms with Gasteiger partial charge in [0, 0.05) is 0 Å². The van der Waals surface area contributed by atoms with Gasteiger partial charge in [-0.25, -0.2) is 0 Å². The second kappa shape index (κ2) is 5.01. The van der Waals surface area contributed by atoms with Gasteiger partial charge < -0.3 is 5.11 Å². The average Bonchev–Trinajstić information content (AvgIpc) is 2.70. The van der Waals surface area contributed by atoms with E-state index in [4.69, 9.17) is 0 Å². The Morgan fingerprint density at radius 3 is 2.75 bits per heavy atom. The molecule has 0 aliphatic heterocycles. The molecule has 0 amide bonds. The number of hydrogen-bond acceptors (Lipinski definition) is 1. The minimum Gasteiger partial charge on any atom is -0.390 e. The molecule has 1 aliphatic carbocycles. The first kappa shape index (κ1) is 11.7. The van der Waals surface area contributed by atoms with Gasteiger partial charge in [0.1, 0.15) is 0 Å². The van der Waals surface area contributed by atoms with Gasteiger partial charge in [-0.15, -0.1) is 0 Å². The molecule has 1 saturated carbocycles. The Balaban J connectivity index is 1.94. The molecule has 2 atom stereocenters. The first-order valence-corrected chi connectivity index (χ1v) is 6.51. The molecule has 1 nitrogen and oxygen atoms in total. The summed E-state index contributed by atoms with van der Waals surface area (Å²) in [4.78, 5) is 0. The molecule has 16 heavy (non-hydrogen) atoms. The van der Waals surface area contributed by atoms with Crippen LogP contribution in [0, 0.1) is 5.92 Å². The Kier molecular flexibility index (Phi) is 3.65. The topological polar surface area (TPSA) is 20.2 Å². The van der Waals surface area contributed by atoms with Gasteiger partial charge in [-0.3, -0.25) is 0 Å². The zero-order valence-electron chi connectivity index (χ0n) is 10.2. The van der Waals surface area contributed by atoms with Crippen LogP contribution < -0.4 is 0 Å². The van der Waals surface area contributed by atoms with E-state index in [2.05, 4.69) is 31.2 Å². The number of aryl methyl sites for hydroxylation is 1. The van der Waals surface area contributed by atoms with Crippen molar-refractivity contribution in [1.29, 1.82) is 0 Å². The van der Waals surface area contributed by atoms with Crippen molar-refractivity contribution < 1.29 is 5.11 Å². The highest BCUT2D eigenvalue weighted by atomic mass is 16.3. The summed E-state index contributed by atoms with van der Waals surface area (Å²) in [6.07, 6.45) is 6.46. The van der Waals surface area contributed by atoms with Gasteiger partial charge in [-0.05, 0) is 37.2 Å². The molecule has 0 aromatic heterocycles. The Hall–Kier alpha value is -0.820. The maximum atomic E-state index is 10.6. The van der Waals surface area contributed by atoms with Crippen LogP contribution in [0.5, 0.6) is 0 Å². The molecule has 88 valence electrons. The van der Waals surface area contributed by atoms with E-state index in [0.29, 0.717) is 5.92 Å². The van der Waals surface area contributed by atoms with Crippen molar-refractivity contribution in [3.8, 4) is 0 Å². The molecule has 2 unspecified atom stereocenters. The lowest BCUT2D eigenvalue weighted by Gasteiger charge is -2.29. The highest BCUT2D eigenvalue weighted by Crippen LogP contribution is 2.40. The molecule has 1 aromatic carbocycles. The van der Waals surface area contributed by atoms with Crippen LogP contribution in [0.25, 0.3) is 0 Å². The molecule has 0 radical (unpaired) electrons. The van der Waals surface area contributed by atoms with Crippen LogP contribution in [0.4, 0.5) is 0 Å². The lowest BCUT2D eigenvalue weighted by molar-refractivity contribution is -0.00656. The third-order valence-electron chi connectivity index (χ3n) is 4.10. The van der Waals surface area contributed by atoms with Crippen molar-refractivity contribution in [2.45, 2.75) is 51.0 Å². The van der Waals surface area contributed by atoms with Crippen LogP contribution in [0.3, 0.4) is 0 Å². The van der Waals surface area contributed by atoms with Crippen molar-refractivity contribution in [2.24, 2.45) is 5.92 Å². The second-order valence-electron chi connectivity index (χ2n) is 5.09. The predicted molar refractivity (Wildman–Crippen MR) is 67.3 cm³/mol. The van der Waals surface area contributed by atoms with Crippen LogP contribution in [0.15, 0.2) is 30.3 Å². The SMILES string of the molecule is CCC1CCCC1(O)CCc1ccccc1. The van der Waals surface area contributed by atoms with Crippen LogP contribution in [-0.4, -0.2) is 10.7 Å². The Morgan fingerprint density at radius 1 is 1.31 bits per heavy atom. The molecular formula is C15H22O. The standard InChI is InChI=1S/C15H22O/c1-2-14-9-6-11-15(14,16)12-10-13-7-4-3-5-8-13/h3-5,7-8,14,16H,2,6,9-12H2,1H3. The first-order valence-electron chi connectivity index (χ1n) is 6.51. The zero-order chi connectivity index (χ0) is 11.4. The van der Waals surface area contributed by atoms with Crippen LogP contribution in [0.2, 0.25) is 0 Å². The fourth-order valence-corrected chi connectivity index (χ4v) is 3.05. The lowest BCUT2D eigenvalue weighted by atomic mass is 9.84. The largest absolute Gasteiger partial charge is 0.390 e. The monoisotopic (exact) mass is 218 g/mol. The van der Waals surface area contributed by atoms with E-state index in [1.165, 1.54) is 18.4 Å². The van der Waals surface area contributed by atoms with Crippen molar-refractivity contribution in [1.82, 2.24) is 0 Å². The average molecular weight is 218 g/mol. The Bertz CT molecular complexity index is 319. The minimum absolute atomic E-state index is 0.384. The van der Waals surface area contributed by atoms with Gasteiger partial charge in [-0.1, -0.05) is 50.1 Å². The molecule has 0 saturated heterocycles. The second-order valence-corrected chi connectivity index (χ2v) is 5.09. The number of hydrogen-bond donors (Lipinski definition) is 1. The maximum absolute atomic E-state index is 10.6. The third kappa shape index (κ3) is 2.46. The molecule has 0 bridgehead atoms. The smallest absolute Gasteiger partial charge is 0.0678 e. The minimum atomic E-state index is -0.384. The molecule has 0 heterocycles. The molecule has 1 aromatic rings. The summed E-state index contributed by atoms with van der Waals surface area (Å²) < 4.78 is 0. The quantitative estimate of drug-likeness (QED) is 0.819. The van der Waals surface area contributed by atoms with E-state index >= 15 is 0 Å². The van der Waals surface area contributed by atoms with Gasteiger partial charge in [0.2, 0.25) is 0 Å². The zero-order valence-corrected chi connectivity index (χ0v) is 10.2. The van der Waals surface area contributed by atoms with E-state index < -0.39 is 0 Å². The molecular weight excluding hydrogens is 196 g/mol. The van der Waals surface area contributed by atoms with E-state index in [0.717, 1.165) is 25.7 Å². The summed E-state index contributed by atoms with van der Waals surface area (Å²) in [5.74, 6) is 0.524. The Labute approximate surface area is 98.5 Å². The summed E-state index contributed by atoms with van der Waals surface area (Å²) in [6, 6.07) is 10.5. The van der Waals surface area contributed by atoms with Crippen molar-refractivity contribution in [3.05, 3.63) is 35.9 Å². The highest BCUT2D eigenvalue weighted by molar-refractivity contribution is 5.15. The van der Waals surface area contributed by atoms with Crippen molar-refractivity contribution in [3.63, 3.8) is 0 Å². The van der Waals surface area contributed by atoms with E-state index in [1.807, 2.05) is 6.07 Å². The first-order chi connectivity index (χ1) is 7.74. The van der Waals surface area contributed by atoms with Crippen molar-refractivity contribution >= 4 is 0 Å². The molecule has 1 fully saturated rings. The molecule has 1 aliphatic rings. The fourth-order valence-electron chi connectivity index (χ4n) is 3.05. The maximum Gasteiger partial charge on any atom is 0.0678 e. The molecule has 1 heteroatoms. The van der Waals surface area contributed by atoms with Crippen LogP contribution in [-0.2, 0) is 6.42 Å². The number of benzene rings is 1. The summed E-state index contributed by atoms with van der Waals surface area (Å²) >= 11 is 0. The summed E-state index contributed by atoms with van der Waals surface area (Å²) in [7, 11) is 0. The van der Waals surface area contributed by atoms with Crippen LogP contribution >= 0.6 is 0 Å². The van der Waals surface area contributed by atoms with E-state index in [9.17, 15) is 5.11 Å². The lowest BCUT2D eigenvalue weighted by Crippen LogP contribution is -2.33. The number of rotatable bonds is 4. The molecule has 0 spiro atoms. The molecule has 1 N–H and O–H groups in total. The highest BCUT2D eigenvalue weighted by Gasteiger charge is 2.39. The normalized spacial score (nSPS) is 29.5. The Morgan fingerprint density at radius 2 is 2.06 bits per heavy atom. The molecule has 2 rings (SSSR count). The van der Waals surface area contributed by atoms with Crippen molar-refractivity contribution in [2.75, 3.05) is 0 Å². The van der Waals surface area contributed by atoms with Gasteiger partial charge in [0.05, 0.1) is 5.60 Å². The van der Waals surface area contributed by atoms with Crippen LogP contribution in [0.1, 0.15) is 44.6 Å². The van der Waals surface area contributed by atoms with Gasteiger partial charge in [0.25, 0.3) is 0 Å². The number of aliphatic hydroxyl groups is 1. The van der Waals surface area contributed by atoms with E-state index in [1.54, 1.807) is 0 Å². The summed E-state index contributed by atoms with van der Waals surface area (Å²) in [5, 5.41) is 10.6. The summed E-state index contributed by atoms with van der Waals surface area (Å²) in [6.45, 7) is 2.20. The van der Waals surface area contributed by atoms with E-state index in [-0.39, 0.29) is 5.60 Å². The third-order valence-corrected chi connectivity index (χ3v) is 4.10. The van der Waals surface area contributed by atoms with Gasteiger partial charge >= 0.3 is 0 Å².